The topological polar surface area (TPSA) is 0 Å². The van der Waals surface area contributed by atoms with Crippen molar-refractivity contribution >= 4 is 45.2 Å². The van der Waals surface area contributed by atoms with Crippen LogP contribution in [0.25, 0.3) is 0 Å². The molecule has 3 aliphatic rings. The van der Waals surface area contributed by atoms with Gasteiger partial charge in [-0.2, -0.15) is 0 Å². The van der Waals surface area contributed by atoms with Crippen LogP contribution in [0.3, 0.4) is 0 Å². The van der Waals surface area contributed by atoms with Gasteiger partial charge in [-0.1, -0.05) is 147 Å². The summed E-state index contributed by atoms with van der Waals surface area (Å²) in [5, 5.41) is 0. The van der Waals surface area contributed by atoms with Gasteiger partial charge in [-0.05, 0) is 87.8 Å². The van der Waals surface area contributed by atoms with Crippen molar-refractivity contribution in [2.75, 3.05) is 8.86 Å². The molecule has 0 nitrogen and oxygen atoms in total. The maximum atomic E-state index is 2.86. The van der Waals surface area contributed by atoms with E-state index in [4.69, 9.17) is 0 Å². The van der Waals surface area contributed by atoms with Gasteiger partial charge in [0.15, 0.2) is 0 Å². The summed E-state index contributed by atoms with van der Waals surface area (Å²) < 4.78 is 2.64. The molecular formula is C32H58I2. The van der Waals surface area contributed by atoms with Gasteiger partial charge in [0.2, 0.25) is 0 Å². The van der Waals surface area contributed by atoms with Gasteiger partial charge >= 0.3 is 0 Å². The minimum Gasteiger partial charge on any atom is -0.0864 e. The molecule has 0 bridgehead atoms. The Morgan fingerprint density at radius 3 is 2.03 bits per heavy atom. The molecule has 1 spiro atoms. The first-order valence-corrected chi connectivity index (χ1v) is 17.8. The molecule has 3 rings (SSSR count). The van der Waals surface area contributed by atoms with E-state index in [0.717, 1.165) is 29.6 Å². The van der Waals surface area contributed by atoms with Gasteiger partial charge in [-0.15, -0.1) is 0 Å². The van der Waals surface area contributed by atoms with E-state index < -0.39 is 0 Å². The smallest absolute Gasteiger partial charge is 0.00263 e. The molecule has 10 atom stereocenters. The third-order valence-corrected chi connectivity index (χ3v) is 15.5. The summed E-state index contributed by atoms with van der Waals surface area (Å²) in [6.45, 7) is 28.7. The van der Waals surface area contributed by atoms with Gasteiger partial charge in [-0.3, -0.25) is 0 Å². The lowest BCUT2D eigenvalue weighted by Crippen LogP contribution is -2.76. The van der Waals surface area contributed by atoms with Crippen LogP contribution in [-0.4, -0.2) is 8.86 Å². The maximum absolute atomic E-state index is 2.86. The van der Waals surface area contributed by atoms with Gasteiger partial charge in [0, 0.05) is 8.86 Å². The lowest BCUT2D eigenvalue weighted by atomic mass is 9.22. The van der Waals surface area contributed by atoms with E-state index in [-0.39, 0.29) is 0 Å². The predicted octanol–water partition coefficient (Wildman–Crippen LogP) is 11.2. The summed E-state index contributed by atoms with van der Waals surface area (Å²) in [5.74, 6) is 4.37. The fraction of sp³-hybridized carbons (Fsp3) is 1.00. The molecule has 3 saturated carbocycles. The summed E-state index contributed by atoms with van der Waals surface area (Å²) in [4.78, 5) is 0. The van der Waals surface area contributed by atoms with Crippen LogP contribution in [0.2, 0.25) is 0 Å². The summed E-state index contributed by atoms with van der Waals surface area (Å²) >= 11 is 5.39. The van der Waals surface area contributed by atoms with E-state index in [1.54, 1.807) is 0 Å². The maximum Gasteiger partial charge on any atom is 0.00263 e. The minimum atomic E-state index is 0.355. The Morgan fingerprint density at radius 1 is 0.971 bits per heavy atom. The lowest BCUT2D eigenvalue weighted by Gasteiger charge is -2.82. The standard InChI is InChI=1S/C32H58I2/c1-12-15-22(4)24(13-2)25-18-31(16-17-33)21-29(10,27(6,7)8)30(31,11)32(25)20-28(9,23(5)19-34)26(32)14-3/h22-26H,12-21H2,1-11H3/t22?,23?,24?,25?,26?,28-,29?,30?,31?,32?/m0/s1. The second-order valence-electron chi connectivity index (χ2n) is 15.0. The zero-order chi connectivity index (χ0) is 26.0. The van der Waals surface area contributed by atoms with Crippen LogP contribution in [0.1, 0.15) is 128 Å². The molecule has 9 unspecified atom stereocenters. The Labute approximate surface area is 242 Å². The monoisotopic (exact) mass is 696 g/mol. The molecule has 0 aliphatic heterocycles. The molecule has 0 aromatic rings. The predicted molar refractivity (Wildman–Crippen MR) is 169 cm³/mol. The zero-order valence-corrected chi connectivity index (χ0v) is 29.0. The van der Waals surface area contributed by atoms with Crippen LogP contribution in [0, 0.1) is 62.1 Å². The molecule has 0 N–H and O–H groups in total. The van der Waals surface area contributed by atoms with Crippen molar-refractivity contribution in [2.45, 2.75) is 128 Å². The Hall–Kier alpha value is 1.46. The molecule has 0 amide bonds. The highest BCUT2D eigenvalue weighted by Crippen LogP contribution is 2.93. The Kier molecular flexibility index (Phi) is 8.73. The fourth-order valence-corrected chi connectivity index (χ4v) is 13.5. The molecule has 34 heavy (non-hydrogen) atoms. The average Bonchev–Trinajstić information content (AvgIpc) is 2.91. The van der Waals surface area contributed by atoms with Crippen LogP contribution in [0.5, 0.6) is 0 Å². The van der Waals surface area contributed by atoms with Crippen LogP contribution >= 0.6 is 45.2 Å². The molecule has 0 saturated heterocycles. The highest BCUT2D eigenvalue weighted by molar-refractivity contribution is 14.1. The first kappa shape index (κ1) is 30.0. The van der Waals surface area contributed by atoms with Gasteiger partial charge in [-0.25, -0.2) is 0 Å². The van der Waals surface area contributed by atoms with E-state index in [9.17, 15) is 0 Å². The Morgan fingerprint density at radius 2 is 1.59 bits per heavy atom. The molecule has 0 radical (unpaired) electrons. The third kappa shape index (κ3) is 3.56. The Balaban J connectivity index is 2.27. The number of hydrogen-bond donors (Lipinski definition) is 0. The molecule has 200 valence electrons. The van der Waals surface area contributed by atoms with Gasteiger partial charge < -0.3 is 0 Å². The van der Waals surface area contributed by atoms with Gasteiger partial charge in [0.25, 0.3) is 0 Å². The minimum absolute atomic E-state index is 0.355. The largest absolute Gasteiger partial charge is 0.0864 e. The fourth-order valence-electron chi connectivity index (χ4n) is 11.5. The third-order valence-electron chi connectivity index (χ3n) is 13.6. The quantitative estimate of drug-likeness (QED) is 0.158. The van der Waals surface area contributed by atoms with Gasteiger partial charge in [0.05, 0.1) is 0 Å². The molecule has 0 aromatic carbocycles. The van der Waals surface area contributed by atoms with E-state index >= 15 is 0 Å². The highest BCUT2D eigenvalue weighted by Gasteiger charge is 2.87. The zero-order valence-electron chi connectivity index (χ0n) is 24.7. The number of fused-ring (bicyclic) bond motifs is 2. The van der Waals surface area contributed by atoms with Crippen molar-refractivity contribution in [2.24, 2.45) is 62.1 Å². The second-order valence-corrected chi connectivity index (χ2v) is 17.0. The van der Waals surface area contributed by atoms with Crippen molar-refractivity contribution in [1.29, 1.82) is 0 Å². The van der Waals surface area contributed by atoms with E-state index in [0.29, 0.717) is 32.5 Å². The van der Waals surface area contributed by atoms with E-state index in [2.05, 4.69) is 121 Å². The summed E-state index contributed by atoms with van der Waals surface area (Å²) in [5.41, 5.74) is 2.82. The van der Waals surface area contributed by atoms with Gasteiger partial charge in [0.1, 0.15) is 0 Å². The van der Waals surface area contributed by atoms with Crippen molar-refractivity contribution in [3.05, 3.63) is 0 Å². The second kappa shape index (κ2) is 9.89. The van der Waals surface area contributed by atoms with Crippen LogP contribution in [0.4, 0.5) is 0 Å². The molecule has 0 aromatic heterocycles. The summed E-state index contributed by atoms with van der Waals surface area (Å²) in [6, 6.07) is 0. The van der Waals surface area contributed by atoms with Crippen molar-refractivity contribution in [3.63, 3.8) is 0 Å². The lowest BCUT2D eigenvalue weighted by molar-refractivity contribution is -0.343. The number of halogens is 2. The molecule has 3 fully saturated rings. The number of hydrogen-bond acceptors (Lipinski definition) is 0. The first-order chi connectivity index (χ1) is 15.7. The van der Waals surface area contributed by atoms with Crippen LogP contribution < -0.4 is 0 Å². The molecule has 3 aliphatic carbocycles. The van der Waals surface area contributed by atoms with Crippen molar-refractivity contribution in [3.8, 4) is 0 Å². The van der Waals surface area contributed by atoms with Crippen molar-refractivity contribution in [1.82, 2.24) is 0 Å². The SMILES string of the molecule is CCCC(C)C(CC)C1CC2(CCI)CC(C)(C(C)(C)C)C2(C)C12C[C@@](C)(C(C)CI)C2CC. The summed E-state index contributed by atoms with van der Waals surface area (Å²) in [7, 11) is 0. The van der Waals surface area contributed by atoms with E-state index in [1.165, 1.54) is 60.2 Å². The van der Waals surface area contributed by atoms with Crippen LogP contribution in [-0.2, 0) is 0 Å². The molecular weight excluding hydrogens is 638 g/mol. The van der Waals surface area contributed by atoms with E-state index in [1.807, 2.05) is 0 Å². The average molecular weight is 697 g/mol. The summed E-state index contributed by atoms with van der Waals surface area (Å²) in [6.07, 6.45) is 11.4. The molecule has 0 heterocycles. The number of alkyl halides is 2. The number of rotatable bonds is 10. The first-order valence-electron chi connectivity index (χ1n) is 14.8. The molecule has 2 heteroatoms. The normalized spacial score (nSPS) is 46.5. The van der Waals surface area contributed by atoms with Crippen LogP contribution in [0.15, 0.2) is 0 Å². The van der Waals surface area contributed by atoms with Crippen molar-refractivity contribution < 1.29 is 0 Å². The Bertz CT molecular complexity index is 725. The highest BCUT2D eigenvalue weighted by atomic mass is 127.